The summed E-state index contributed by atoms with van der Waals surface area (Å²) in [5, 5.41) is 7.56. The van der Waals surface area contributed by atoms with E-state index in [1.807, 2.05) is 10.8 Å². The van der Waals surface area contributed by atoms with Gasteiger partial charge in [-0.1, -0.05) is 5.16 Å². The molecule has 0 aliphatic carbocycles. The Hall–Kier alpha value is -1.78. The molecule has 1 unspecified atom stereocenters. The van der Waals surface area contributed by atoms with Crippen molar-refractivity contribution in [3.63, 3.8) is 0 Å². The Balaban J connectivity index is 1.59. The minimum Gasteiger partial charge on any atom is -0.339 e. The van der Waals surface area contributed by atoms with Gasteiger partial charge in [0.25, 0.3) is 5.91 Å². The fourth-order valence-corrected chi connectivity index (χ4v) is 5.68. The highest BCUT2D eigenvalue weighted by Gasteiger charge is 2.59. The summed E-state index contributed by atoms with van der Waals surface area (Å²) in [7, 11) is -3.32. The summed E-state index contributed by atoms with van der Waals surface area (Å²) in [6.07, 6.45) is 0. The number of sulfonamides is 1. The minimum absolute atomic E-state index is 0.0193. The minimum atomic E-state index is -3.32. The number of carbonyl (C=O) groups excluding carboxylic acids is 1. The van der Waals surface area contributed by atoms with Gasteiger partial charge in [0.15, 0.2) is 5.82 Å². The van der Waals surface area contributed by atoms with Crippen LogP contribution in [-0.4, -0.2) is 65.6 Å². The van der Waals surface area contributed by atoms with Crippen molar-refractivity contribution in [2.75, 3.05) is 31.9 Å². The van der Waals surface area contributed by atoms with E-state index in [9.17, 15) is 13.2 Å². The number of amides is 1. The van der Waals surface area contributed by atoms with E-state index >= 15 is 0 Å². The van der Waals surface area contributed by atoms with Crippen LogP contribution in [0.25, 0.3) is 0 Å². The number of likely N-dealkylation sites (tertiary alicyclic amines) is 1. The standard InChI is InChI=1S/C16H20N4O4S2/c1-3-26(22,23)20-6-13(14-17-11(2)18-24-14)16(10-20)8-19(9-16)15(21)12-4-5-25-7-12/h4-5,7,13H,3,6,8-10H2,1-2H3. The number of hydrogen-bond acceptors (Lipinski definition) is 7. The third kappa shape index (κ3) is 2.76. The third-order valence-corrected chi connectivity index (χ3v) is 7.76. The molecule has 26 heavy (non-hydrogen) atoms. The topological polar surface area (TPSA) is 96.6 Å². The highest BCUT2D eigenvalue weighted by atomic mass is 32.2. The van der Waals surface area contributed by atoms with E-state index in [0.717, 1.165) is 0 Å². The maximum atomic E-state index is 12.6. The zero-order valence-corrected chi connectivity index (χ0v) is 16.2. The number of rotatable bonds is 4. The summed E-state index contributed by atoms with van der Waals surface area (Å²) in [5.41, 5.74) is 0.304. The summed E-state index contributed by atoms with van der Waals surface area (Å²) >= 11 is 1.48. The Labute approximate surface area is 155 Å². The van der Waals surface area contributed by atoms with Crippen molar-refractivity contribution < 1.29 is 17.7 Å². The summed E-state index contributed by atoms with van der Waals surface area (Å²) in [6, 6.07) is 1.80. The highest BCUT2D eigenvalue weighted by Crippen LogP contribution is 2.49. The SMILES string of the molecule is CCS(=O)(=O)N1CC(c2nc(C)no2)C2(CN(C(=O)c3ccsc3)C2)C1. The van der Waals surface area contributed by atoms with Crippen LogP contribution < -0.4 is 0 Å². The molecular weight excluding hydrogens is 376 g/mol. The van der Waals surface area contributed by atoms with Crippen LogP contribution >= 0.6 is 11.3 Å². The number of nitrogens with zero attached hydrogens (tertiary/aromatic N) is 4. The first-order chi connectivity index (χ1) is 12.3. The number of aromatic nitrogens is 2. The number of hydrogen-bond donors (Lipinski definition) is 0. The Bertz CT molecular complexity index is 916. The molecule has 2 aromatic heterocycles. The van der Waals surface area contributed by atoms with Crippen molar-refractivity contribution in [3.05, 3.63) is 34.1 Å². The monoisotopic (exact) mass is 396 g/mol. The molecule has 2 aromatic rings. The fraction of sp³-hybridized carbons (Fsp3) is 0.562. The molecule has 1 amide bonds. The van der Waals surface area contributed by atoms with E-state index in [1.165, 1.54) is 15.6 Å². The lowest BCUT2D eigenvalue weighted by molar-refractivity contribution is 0.00135. The van der Waals surface area contributed by atoms with Crippen molar-refractivity contribution in [2.45, 2.75) is 19.8 Å². The summed E-state index contributed by atoms with van der Waals surface area (Å²) < 4.78 is 31.6. The molecular formula is C16H20N4O4S2. The van der Waals surface area contributed by atoms with Crippen molar-refractivity contribution >= 4 is 27.3 Å². The van der Waals surface area contributed by atoms with Gasteiger partial charge >= 0.3 is 0 Å². The van der Waals surface area contributed by atoms with Gasteiger partial charge in [-0.05, 0) is 25.3 Å². The van der Waals surface area contributed by atoms with E-state index in [2.05, 4.69) is 10.1 Å². The first kappa shape index (κ1) is 17.6. The molecule has 10 heteroatoms. The van der Waals surface area contributed by atoms with Gasteiger partial charge in [-0.3, -0.25) is 4.79 Å². The largest absolute Gasteiger partial charge is 0.339 e. The molecule has 0 N–H and O–H groups in total. The number of thiophene rings is 1. The Morgan fingerprint density at radius 2 is 2.19 bits per heavy atom. The average Bonchev–Trinajstić information content (AvgIpc) is 3.31. The maximum absolute atomic E-state index is 12.6. The zero-order valence-electron chi connectivity index (χ0n) is 14.6. The van der Waals surface area contributed by atoms with Crippen molar-refractivity contribution in [3.8, 4) is 0 Å². The van der Waals surface area contributed by atoms with E-state index in [1.54, 1.807) is 24.8 Å². The van der Waals surface area contributed by atoms with Crippen molar-refractivity contribution in [2.24, 2.45) is 5.41 Å². The lowest BCUT2D eigenvalue weighted by atomic mass is 9.71. The summed E-state index contributed by atoms with van der Waals surface area (Å²) in [6.45, 7) is 5.05. The molecule has 1 spiro atoms. The third-order valence-electron chi connectivity index (χ3n) is 5.28. The molecule has 2 aliphatic rings. The van der Waals surface area contributed by atoms with Crippen LogP contribution in [-0.2, 0) is 10.0 Å². The van der Waals surface area contributed by atoms with Crippen molar-refractivity contribution in [1.29, 1.82) is 0 Å². The number of carbonyl (C=O) groups is 1. The Kier molecular flexibility index (Phi) is 4.16. The lowest BCUT2D eigenvalue weighted by Crippen LogP contribution is -2.61. The van der Waals surface area contributed by atoms with Crippen LogP contribution in [0.2, 0.25) is 0 Å². The molecule has 8 nitrogen and oxygen atoms in total. The summed E-state index contributed by atoms with van der Waals surface area (Å²) in [4.78, 5) is 18.7. The second kappa shape index (κ2) is 6.14. The van der Waals surface area contributed by atoms with Gasteiger partial charge in [0.1, 0.15) is 0 Å². The second-order valence-electron chi connectivity index (χ2n) is 6.96. The van der Waals surface area contributed by atoms with Crippen LogP contribution in [0.15, 0.2) is 21.3 Å². The highest BCUT2D eigenvalue weighted by molar-refractivity contribution is 7.89. The van der Waals surface area contributed by atoms with E-state index in [-0.39, 0.29) is 23.0 Å². The van der Waals surface area contributed by atoms with Crippen LogP contribution in [0, 0.1) is 12.3 Å². The first-order valence-corrected chi connectivity index (χ1v) is 11.0. The van der Waals surface area contributed by atoms with Crippen LogP contribution in [0.4, 0.5) is 0 Å². The van der Waals surface area contributed by atoms with E-state index < -0.39 is 10.0 Å². The maximum Gasteiger partial charge on any atom is 0.254 e. The fourth-order valence-electron chi connectivity index (χ4n) is 3.86. The molecule has 1 atom stereocenters. The van der Waals surface area contributed by atoms with Gasteiger partial charge in [0, 0.05) is 37.0 Å². The molecule has 2 aliphatic heterocycles. The molecule has 0 bridgehead atoms. The van der Waals surface area contributed by atoms with Crippen LogP contribution in [0.5, 0.6) is 0 Å². The average molecular weight is 396 g/mol. The molecule has 0 aromatic carbocycles. The normalized spacial score (nSPS) is 22.7. The van der Waals surface area contributed by atoms with E-state index in [0.29, 0.717) is 43.5 Å². The van der Waals surface area contributed by atoms with E-state index in [4.69, 9.17) is 4.52 Å². The second-order valence-corrected chi connectivity index (χ2v) is 10.00. The summed E-state index contributed by atoms with van der Waals surface area (Å²) in [5.74, 6) is 0.818. The Morgan fingerprint density at radius 1 is 1.42 bits per heavy atom. The quantitative estimate of drug-likeness (QED) is 0.774. The zero-order chi connectivity index (χ0) is 18.5. The molecule has 0 saturated carbocycles. The molecule has 140 valence electrons. The van der Waals surface area contributed by atoms with Crippen LogP contribution in [0.3, 0.4) is 0 Å². The van der Waals surface area contributed by atoms with Gasteiger partial charge in [-0.15, -0.1) is 0 Å². The predicted octanol–water partition coefficient (Wildman–Crippen LogP) is 1.33. The molecule has 0 radical (unpaired) electrons. The molecule has 2 saturated heterocycles. The number of aryl methyl sites for hydroxylation is 1. The van der Waals surface area contributed by atoms with Gasteiger partial charge in [0.2, 0.25) is 15.9 Å². The van der Waals surface area contributed by atoms with Gasteiger partial charge < -0.3 is 9.42 Å². The first-order valence-electron chi connectivity index (χ1n) is 8.44. The molecule has 4 heterocycles. The van der Waals surface area contributed by atoms with Crippen LogP contribution in [0.1, 0.15) is 34.9 Å². The molecule has 4 rings (SSSR count). The molecule has 2 fully saturated rings. The Morgan fingerprint density at radius 3 is 2.77 bits per heavy atom. The van der Waals surface area contributed by atoms with Gasteiger partial charge in [-0.25, -0.2) is 12.7 Å². The lowest BCUT2D eigenvalue weighted by Gasteiger charge is -2.50. The van der Waals surface area contributed by atoms with Crippen molar-refractivity contribution in [1.82, 2.24) is 19.3 Å². The predicted molar refractivity (Wildman–Crippen MR) is 95.5 cm³/mol. The van der Waals surface area contributed by atoms with Gasteiger partial charge in [-0.2, -0.15) is 16.3 Å². The van der Waals surface area contributed by atoms with Gasteiger partial charge in [0.05, 0.1) is 17.2 Å². The smallest absolute Gasteiger partial charge is 0.254 e.